The Hall–Kier alpha value is -0.380. The van der Waals surface area contributed by atoms with Gasteiger partial charge in [0.2, 0.25) is 0 Å². The molecule has 1 aliphatic carbocycles. The van der Waals surface area contributed by atoms with Gasteiger partial charge in [0.25, 0.3) is 0 Å². The van der Waals surface area contributed by atoms with Gasteiger partial charge in [-0.05, 0) is 47.6 Å². The van der Waals surface area contributed by atoms with Crippen molar-refractivity contribution in [2.24, 2.45) is 11.7 Å². The Morgan fingerprint density at radius 3 is 2.94 bits per heavy atom. The average molecular weight is 267 g/mol. The van der Waals surface area contributed by atoms with E-state index >= 15 is 0 Å². The lowest BCUT2D eigenvalue weighted by molar-refractivity contribution is -0.0516. The molecule has 0 radical (unpaired) electrons. The van der Waals surface area contributed by atoms with Gasteiger partial charge in [-0.3, -0.25) is 0 Å². The van der Waals surface area contributed by atoms with Crippen LogP contribution in [0.2, 0.25) is 0 Å². The Kier molecular flexibility index (Phi) is 5.22. The van der Waals surface area contributed by atoms with Crippen molar-refractivity contribution in [3.8, 4) is 0 Å². The standard InChI is InChI=1S/C15H25NOS/c1-3-14(16)15(12-7-8-18-10-12)17-13-6-4-5-11(2)9-13/h7-8,10-11,13-15H,3-6,9,16H2,1-2H3. The first-order chi connectivity index (χ1) is 8.70. The van der Waals surface area contributed by atoms with E-state index in [0.29, 0.717) is 6.10 Å². The highest BCUT2D eigenvalue weighted by molar-refractivity contribution is 7.07. The van der Waals surface area contributed by atoms with Crippen molar-refractivity contribution in [2.75, 3.05) is 0 Å². The first kappa shape index (κ1) is 14.0. The number of ether oxygens (including phenoxy) is 1. The monoisotopic (exact) mass is 267 g/mol. The Labute approximate surface area is 115 Å². The Morgan fingerprint density at radius 1 is 1.50 bits per heavy atom. The molecule has 102 valence electrons. The molecule has 2 nitrogen and oxygen atoms in total. The van der Waals surface area contributed by atoms with Crippen LogP contribution in [-0.2, 0) is 4.74 Å². The minimum absolute atomic E-state index is 0.0801. The molecule has 4 atom stereocenters. The predicted octanol–water partition coefficient (Wildman–Crippen LogP) is 4.12. The Balaban J connectivity index is 2.01. The number of nitrogens with two attached hydrogens (primary N) is 1. The first-order valence-corrected chi connectivity index (χ1v) is 8.08. The smallest absolute Gasteiger partial charge is 0.0987 e. The maximum atomic E-state index is 6.34. The number of hydrogen-bond acceptors (Lipinski definition) is 3. The van der Waals surface area contributed by atoms with Crippen LogP contribution in [0.25, 0.3) is 0 Å². The predicted molar refractivity (Wildman–Crippen MR) is 77.8 cm³/mol. The molecule has 0 spiro atoms. The zero-order chi connectivity index (χ0) is 13.0. The molecule has 1 heterocycles. The molecule has 0 aliphatic heterocycles. The maximum Gasteiger partial charge on any atom is 0.0987 e. The van der Waals surface area contributed by atoms with Gasteiger partial charge in [-0.15, -0.1) is 0 Å². The molecule has 2 N–H and O–H groups in total. The van der Waals surface area contributed by atoms with Crippen molar-refractivity contribution in [3.63, 3.8) is 0 Å². The second-order valence-electron chi connectivity index (χ2n) is 5.58. The van der Waals surface area contributed by atoms with Crippen LogP contribution in [0, 0.1) is 5.92 Å². The molecule has 18 heavy (non-hydrogen) atoms. The summed E-state index contributed by atoms with van der Waals surface area (Å²) in [6.07, 6.45) is 6.47. The van der Waals surface area contributed by atoms with E-state index in [1.54, 1.807) is 11.3 Å². The summed E-state index contributed by atoms with van der Waals surface area (Å²) in [4.78, 5) is 0. The molecule has 0 amide bonds. The lowest BCUT2D eigenvalue weighted by Gasteiger charge is -2.32. The van der Waals surface area contributed by atoms with Crippen LogP contribution in [0.4, 0.5) is 0 Å². The van der Waals surface area contributed by atoms with Crippen LogP contribution >= 0.6 is 11.3 Å². The topological polar surface area (TPSA) is 35.2 Å². The summed E-state index contributed by atoms with van der Waals surface area (Å²) in [5.41, 5.74) is 7.50. The van der Waals surface area contributed by atoms with Crippen LogP contribution < -0.4 is 5.73 Å². The van der Waals surface area contributed by atoms with E-state index in [1.807, 2.05) is 0 Å². The number of rotatable bonds is 5. The fraction of sp³-hybridized carbons (Fsp3) is 0.733. The molecular weight excluding hydrogens is 242 g/mol. The van der Waals surface area contributed by atoms with E-state index < -0.39 is 0 Å². The third-order valence-corrected chi connectivity index (χ3v) is 4.66. The molecule has 1 fully saturated rings. The van der Waals surface area contributed by atoms with Crippen LogP contribution in [-0.4, -0.2) is 12.1 Å². The summed E-state index contributed by atoms with van der Waals surface area (Å²) in [7, 11) is 0. The first-order valence-electron chi connectivity index (χ1n) is 7.13. The highest BCUT2D eigenvalue weighted by atomic mass is 32.1. The fourth-order valence-electron chi connectivity index (χ4n) is 2.79. The molecule has 0 saturated heterocycles. The minimum atomic E-state index is 0.0801. The largest absolute Gasteiger partial charge is 0.369 e. The lowest BCUT2D eigenvalue weighted by atomic mass is 9.88. The normalized spacial score (nSPS) is 27.9. The van der Waals surface area contributed by atoms with Crippen LogP contribution in [0.1, 0.15) is 57.6 Å². The summed E-state index contributed by atoms with van der Waals surface area (Å²) < 4.78 is 6.34. The van der Waals surface area contributed by atoms with E-state index in [9.17, 15) is 0 Å². The second-order valence-corrected chi connectivity index (χ2v) is 6.36. The summed E-state index contributed by atoms with van der Waals surface area (Å²) in [6.45, 7) is 4.46. The Bertz CT molecular complexity index is 338. The van der Waals surface area contributed by atoms with Crippen molar-refractivity contribution in [2.45, 2.75) is 64.2 Å². The lowest BCUT2D eigenvalue weighted by Crippen LogP contribution is -2.33. The van der Waals surface area contributed by atoms with E-state index in [0.717, 1.165) is 12.3 Å². The van der Waals surface area contributed by atoms with Crippen molar-refractivity contribution >= 4 is 11.3 Å². The zero-order valence-electron chi connectivity index (χ0n) is 11.5. The van der Waals surface area contributed by atoms with Crippen molar-refractivity contribution in [1.29, 1.82) is 0 Å². The number of thiophene rings is 1. The van der Waals surface area contributed by atoms with Crippen molar-refractivity contribution in [1.82, 2.24) is 0 Å². The molecule has 0 aromatic carbocycles. The van der Waals surface area contributed by atoms with Gasteiger partial charge in [0.15, 0.2) is 0 Å². The van der Waals surface area contributed by atoms with Crippen molar-refractivity contribution in [3.05, 3.63) is 22.4 Å². The van der Waals surface area contributed by atoms with E-state index in [1.165, 1.54) is 31.2 Å². The third kappa shape index (κ3) is 3.56. The zero-order valence-corrected chi connectivity index (χ0v) is 12.3. The second kappa shape index (κ2) is 6.69. The number of hydrogen-bond donors (Lipinski definition) is 1. The molecular formula is C15H25NOS. The van der Waals surface area contributed by atoms with Gasteiger partial charge in [-0.1, -0.05) is 26.7 Å². The highest BCUT2D eigenvalue weighted by Crippen LogP contribution is 2.32. The molecule has 1 aliphatic rings. The molecule has 1 saturated carbocycles. The van der Waals surface area contributed by atoms with Gasteiger partial charge in [-0.25, -0.2) is 0 Å². The van der Waals surface area contributed by atoms with Gasteiger partial charge in [-0.2, -0.15) is 11.3 Å². The Morgan fingerprint density at radius 2 is 2.33 bits per heavy atom. The molecule has 1 aromatic heterocycles. The summed E-state index contributed by atoms with van der Waals surface area (Å²) in [5.74, 6) is 0.796. The van der Waals surface area contributed by atoms with E-state index in [-0.39, 0.29) is 12.1 Å². The van der Waals surface area contributed by atoms with Crippen molar-refractivity contribution < 1.29 is 4.74 Å². The van der Waals surface area contributed by atoms with Crippen LogP contribution in [0.15, 0.2) is 16.8 Å². The van der Waals surface area contributed by atoms with Gasteiger partial charge < -0.3 is 10.5 Å². The van der Waals surface area contributed by atoms with Gasteiger partial charge in [0.05, 0.1) is 12.2 Å². The molecule has 2 rings (SSSR count). The van der Waals surface area contributed by atoms with E-state index in [4.69, 9.17) is 10.5 Å². The molecule has 4 unspecified atom stereocenters. The van der Waals surface area contributed by atoms with E-state index in [2.05, 4.69) is 30.7 Å². The SMILES string of the molecule is CCC(N)C(OC1CCCC(C)C1)c1ccsc1. The maximum absolute atomic E-state index is 6.34. The summed E-state index contributed by atoms with van der Waals surface area (Å²) >= 11 is 1.72. The summed E-state index contributed by atoms with van der Waals surface area (Å²) in [5, 5.41) is 4.28. The highest BCUT2D eigenvalue weighted by Gasteiger charge is 2.26. The average Bonchev–Trinajstić information content (AvgIpc) is 2.89. The molecule has 1 aromatic rings. The molecule has 0 bridgehead atoms. The van der Waals surface area contributed by atoms with Gasteiger partial charge in [0, 0.05) is 6.04 Å². The molecule has 3 heteroatoms. The van der Waals surface area contributed by atoms with Crippen LogP contribution in [0.3, 0.4) is 0 Å². The summed E-state index contributed by atoms with van der Waals surface area (Å²) in [6, 6.07) is 2.26. The quantitative estimate of drug-likeness (QED) is 0.871. The fourth-order valence-corrected chi connectivity index (χ4v) is 3.47. The van der Waals surface area contributed by atoms with Crippen LogP contribution in [0.5, 0.6) is 0 Å². The van der Waals surface area contributed by atoms with Gasteiger partial charge >= 0.3 is 0 Å². The third-order valence-electron chi connectivity index (χ3n) is 3.96. The van der Waals surface area contributed by atoms with Gasteiger partial charge in [0.1, 0.15) is 0 Å². The minimum Gasteiger partial charge on any atom is -0.369 e.